The van der Waals surface area contributed by atoms with Gasteiger partial charge in [-0.1, -0.05) is 0 Å². The smallest absolute Gasteiger partial charge is 0.273 e. The van der Waals surface area contributed by atoms with Gasteiger partial charge in [0.25, 0.3) is 5.69 Å². The monoisotopic (exact) mass is 233 g/mol. The maximum Gasteiger partial charge on any atom is 0.273 e. The van der Waals surface area contributed by atoms with Crippen LogP contribution in [0.3, 0.4) is 0 Å². The van der Waals surface area contributed by atoms with Crippen LogP contribution in [0.2, 0.25) is 0 Å². The van der Waals surface area contributed by atoms with Gasteiger partial charge in [-0.15, -0.1) is 20.4 Å². The van der Waals surface area contributed by atoms with Crippen molar-refractivity contribution >= 4 is 5.69 Å². The number of hydrogen-bond acceptors (Lipinski definition) is 7. The van der Waals surface area contributed by atoms with Gasteiger partial charge in [0.2, 0.25) is 5.82 Å². The molecule has 0 saturated carbocycles. The van der Waals surface area contributed by atoms with Crippen LogP contribution in [0.15, 0.2) is 18.2 Å². The summed E-state index contributed by atoms with van der Waals surface area (Å²) >= 11 is 0. The molecule has 1 aromatic carbocycles. The quantitative estimate of drug-likeness (QED) is 0.603. The molecule has 0 aliphatic heterocycles. The lowest BCUT2D eigenvalue weighted by Gasteiger charge is -2.00. The van der Waals surface area contributed by atoms with Gasteiger partial charge in [-0.25, -0.2) is 0 Å². The van der Waals surface area contributed by atoms with E-state index in [2.05, 4.69) is 20.4 Å². The fourth-order valence-corrected chi connectivity index (χ4v) is 1.22. The zero-order valence-corrected chi connectivity index (χ0v) is 8.73. The SMILES string of the molecule is Cc1nnc(-c2cc(O)cc([N+](=O)[O-])c2)nn1. The van der Waals surface area contributed by atoms with Crippen molar-refractivity contribution in [2.24, 2.45) is 0 Å². The van der Waals surface area contributed by atoms with Crippen molar-refractivity contribution in [2.75, 3.05) is 0 Å². The Balaban J connectivity index is 2.51. The van der Waals surface area contributed by atoms with Gasteiger partial charge in [-0.3, -0.25) is 10.1 Å². The molecule has 0 bridgehead atoms. The summed E-state index contributed by atoms with van der Waals surface area (Å²) in [5, 5.41) is 34.8. The molecule has 2 rings (SSSR count). The summed E-state index contributed by atoms with van der Waals surface area (Å²) < 4.78 is 0. The second-order valence-electron chi connectivity index (χ2n) is 3.27. The zero-order valence-electron chi connectivity index (χ0n) is 8.73. The number of hydrogen-bond donors (Lipinski definition) is 1. The minimum atomic E-state index is -0.613. The summed E-state index contributed by atoms with van der Waals surface area (Å²) in [5.74, 6) is 0.274. The first kappa shape index (κ1) is 10.9. The number of aromatic nitrogens is 4. The lowest BCUT2D eigenvalue weighted by atomic mass is 10.2. The zero-order chi connectivity index (χ0) is 12.4. The Morgan fingerprint density at radius 3 is 2.41 bits per heavy atom. The fraction of sp³-hybridized carbons (Fsp3) is 0.111. The Labute approximate surface area is 95.1 Å². The maximum atomic E-state index is 10.6. The highest BCUT2D eigenvalue weighted by atomic mass is 16.6. The van der Waals surface area contributed by atoms with E-state index in [9.17, 15) is 15.2 Å². The number of nitro groups is 1. The van der Waals surface area contributed by atoms with Gasteiger partial charge in [0, 0.05) is 11.6 Å². The first-order valence-corrected chi connectivity index (χ1v) is 4.59. The van der Waals surface area contributed by atoms with Gasteiger partial charge in [-0.2, -0.15) is 0 Å². The van der Waals surface area contributed by atoms with Gasteiger partial charge in [0.1, 0.15) is 5.75 Å². The average Bonchev–Trinajstić information content (AvgIpc) is 2.29. The highest BCUT2D eigenvalue weighted by Gasteiger charge is 2.12. The number of benzene rings is 1. The molecule has 17 heavy (non-hydrogen) atoms. The molecule has 0 amide bonds. The number of aromatic hydroxyl groups is 1. The van der Waals surface area contributed by atoms with Crippen LogP contribution in [0, 0.1) is 17.0 Å². The third-order valence-corrected chi connectivity index (χ3v) is 1.95. The molecule has 0 aliphatic rings. The van der Waals surface area contributed by atoms with Gasteiger partial charge in [0.05, 0.1) is 11.0 Å². The number of aryl methyl sites for hydroxylation is 1. The van der Waals surface area contributed by atoms with Crippen molar-refractivity contribution in [2.45, 2.75) is 6.92 Å². The largest absolute Gasteiger partial charge is 0.508 e. The molecule has 0 aliphatic carbocycles. The highest BCUT2D eigenvalue weighted by molar-refractivity contribution is 5.61. The van der Waals surface area contributed by atoms with E-state index in [-0.39, 0.29) is 22.8 Å². The van der Waals surface area contributed by atoms with Crippen molar-refractivity contribution in [3.05, 3.63) is 34.1 Å². The van der Waals surface area contributed by atoms with Crippen LogP contribution in [-0.4, -0.2) is 30.4 Å². The molecule has 8 nitrogen and oxygen atoms in total. The number of nitrogens with zero attached hydrogens (tertiary/aromatic N) is 5. The molecular weight excluding hydrogens is 226 g/mol. The number of rotatable bonds is 2. The van der Waals surface area contributed by atoms with Crippen LogP contribution in [0.4, 0.5) is 5.69 Å². The topological polar surface area (TPSA) is 115 Å². The normalized spacial score (nSPS) is 10.2. The Hall–Kier alpha value is -2.64. The van der Waals surface area contributed by atoms with Gasteiger partial charge in [0.15, 0.2) is 5.82 Å². The van der Waals surface area contributed by atoms with E-state index in [4.69, 9.17) is 0 Å². The first-order valence-electron chi connectivity index (χ1n) is 4.59. The number of phenolic OH excluding ortho intramolecular Hbond substituents is 1. The summed E-state index contributed by atoms with van der Waals surface area (Å²) in [6.45, 7) is 1.62. The third kappa shape index (κ3) is 2.30. The molecule has 1 N–H and O–H groups in total. The molecule has 0 fully saturated rings. The minimum absolute atomic E-state index is 0.120. The molecule has 2 aromatic rings. The van der Waals surface area contributed by atoms with Crippen LogP contribution in [-0.2, 0) is 0 Å². The molecular formula is C9H7N5O3. The Morgan fingerprint density at radius 1 is 1.18 bits per heavy atom. The summed E-state index contributed by atoms with van der Waals surface area (Å²) in [6, 6.07) is 3.59. The highest BCUT2D eigenvalue weighted by Crippen LogP contribution is 2.26. The summed E-state index contributed by atoms with van der Waals surface area (Å²) in [5.41, 5.74) is 0.0425. The Bertz CT molecular complexity index is 569. The average molecular weight is 233 g/mol. The standard InChI is InChI=1S/C9H7N5O3/c1-5-10-12-9(13-11-5)6-2-7(14(16)17)4-8(15)3-6/h2-4,15H,1H3. The lowest BCUT2D eigenvalue weighted by molar-refractivity contribution is -0.384. The number of phenols is 1. The molecule has 1 aromatic heterocycles. The van der Waals surface area contributed by atoms with Gasteiger partial charge in [-0.05, 0) is 13.0 Å². The minimum Gasteiger partial charge on any atom is -0.508 e. The summed E-state index contributed by atoms with van der Waals surface area (Å²) in [4.78, 5) is 10.0. The molecule has 0 atom stereocenters. The van der Waals surface area contributed by atoms with E-state index in [1.165, 1.54) is 12.1 Å². The van der Waals surface area contributed by atoms with Crippen molar-refractivity contribution in [1.29, 1.82) is 0 Å². The molecule has 0 unspecified atom stereocenters. The lowest BCUT2D eigenvalue weighted by Crippen LogP contribution is -1.99. The van der Waals surface area contributed by atoms with Crippen molar-refractivity contribution in [3.63, 3.8) is 0 Å². The van der Waals surface area contributed by atoms with Crippen LogP contribution in [0.25, 0.3) is 11.4 Å². The van der Waals surface area contributed by atoms with E-state index in [1.54, 1.807) is 6.92 Å². The molecule has 8 heteroatoms. The van der Waals surface area contributed by atoms with E-state index in [0.717, 1.165) is 6.07 Å². The molecule has 0 saturated heterocycles. The summed E-state index contributed by atoms with van der Waals surface area (Å²) in [6.07, 6.45) is 0. The van der Waals surface area contributed by atoms with Crippen LogP contribution >= 0.6 is 0 Å². The predicted molar refractivity (Wildman–Crippen MR) is 56.1 cm³/mol. The number of nitro benzene ring substituents is 1. The number of non-ortho nitro benzene ring substituents is 1. The van der Waals surface area contributed by atoms with E-state index in [1.807, 2.05) is 0 Å². The van der Waals surface area contributed by atoms with Crippen LogP contribution < -0.4 is 0 Å². The molecule has 1 heterocycles. The van der Waals surface area contributed by atoms with E-state index < -0.39 is 4.92 Å². The third-order valence-electron chi connectivity index (χ3n) is 1.95. The fourth-order valence-electron chi connectivity index (χ4n) is 1.22. The van der Waals surface area contributed by atoms with Crippen LogP contribution in [0.1, 0.15) is 5.82 Å². The van der Waals surface area contributed by atoms with Crippen molar-refractivity contribution < 1.29 is 10.0 Å². The molecule has 0 radical (unpaired) electrons. The van der Waals surface area contributed by atoms with Crippen LogP contribution in [0.5, 0.6) is 5.75 Å². The van der Waals surface area contributed by atoms with Crippen molar-refractivity contribution in [3.8, 4) is 17.1 Å². The Morgan fingerprint density at radius 2 is 1.82 bits per heavy atom. The first-order chi connectivity index (χ1) is 8.06. The predicted octanol–water partition coefficient (Wildman–Crippen LogP) is 0.856. The van der Waals surface area contributed by atoms with E-state index in [0.29, 0.717) is 5.82 Å². The second-order valence-corrected chi connectivity index (χ2v) is 3.27. The Kier molecular flexibility index (Phi) is 2.61. The maximum absolute atomic E-state index is 10.6. The second kappa shape index (κ2) is 4.08. The van der Waals surface area contributed by atoms with Gasteiger partial charge < -0.3 is 5.11 Å². The molecule has 86 valence electrons. The van der Waals surface area contributed by atoms with Crippen molar-refractivity contribution in [1.82, 2.24) is 20.4 Å². The van der Waals surface area contributed by atoms with E-state index >= 15 is 0 Å². The summed E-state index contributed by atoms with van der Waals surface area (Å²) in [7, 11) is 0. The van der Waals surface area contributed by atoms with Gasteiger partial charge >= 0.3 is 0 Å². The molecule has 0 spiro atoms.